The molecule has 0 aromatic carbocycles. The quantitative estimate of drug-likeness (QED) is 0.0267. The van der Waals surface area contributed by atoms with E-state index in [1.54, 1.807) is 0 Å². The fourth-order valence-corrected chi connectivity index (χ4v) is 5.69. The zero-order chi connectivity index (χ0) is 41.5. The van der Waals surface area contributed by atoms with Crippen molar-refractivity contribution in [1.29, 1.82) is 0 Å². The van der Waals surface area contributed by atoms with E-state index in [0.29, 0.717) is 19.3 Å². The average molecular weight is 791 g/mol. The van der Waals surface area contributed by atoms with E-state index < -0.39 is 6.10 Å². The molecule has 1 unspecified atom stereocenters. The molecule has 6 heteroatoms. The molecule has 0 radical (unpaired) electrons. The molecule has 0 aliphatic heterocycles. The maximum Gasteiger partial charge on any atom is 0.306 e. The minimum absolute atomic E-state index is 0.119. The molecule has 0 heterocycles. The minimum Gasteiger partial charge on any atom is -0.462 e. The second kappa shape index (κ2) is 45.0. The Morgan fingerprint density at radius 3 is 1.14 bits per heavy atom. The predicted molar refractivity (Wildman–Crippen MR) is 242 cm³/mol. The number of unbranched alkanes of at least 4 members (excludes halogenated alkanes) is 12. The number of hydrogen-bond donors (Lipinski definition) is 0. The Labute approximate surface area is 349 Å². The molecule has 0 aliphatic rings. The molecule has 322 valence electrons. The fraction of sp³-hybridized carbons (Fsp3) is 0.627. The minimum atomic E-state index is -0.825. The normalized spacial score (nSPS) is 13.0. The van der Waals surface area contributed by atoms with Gasteiger partial charge in [0.1, 0.15) is 13.2 Å². The highest BCUT2D eigenvalue weighted by molar-refractivity contribution is 5.71. The molecule has 0 aromatic rings. The lowest BCUT2D eigenvalue weighted by Gasteiger charge is -2.18. The zero-order valence-corrected chi connectivity index (χ0v) is 36.6. The van der Waals surface area contributed by atoms with Crippen molar-refractivity contribution < 1.29 is 28.6 Å². The molecule has 0 fully saturated rings. The third-order valence-electron chi connectivity index (χ3n) is 9.05. The summed E-state index contributed by atoms with van der Waals surface area (Å²) in [6.07, 6.45) is 58.4. The summed E-state index contributed by atoms with van der Waals surface area (Å²) in [5.74, 6) is -1.05. The van der Waals surface area contributed by atoms with Crippen molar-refractivity contribution >= 4 is 17.9 Å². The molecule has 0 rings (SSSR count). The summed E-state index contributed by atoms with van der Waals surface area (Å²) >= 11 is 0. The van der Waals surface area contributed by atoms with Gasteiger partial charge >= 0.3 is 17.9 Å². The highest BCUT2D eigenvalue weighted by atomic mass is 16.6. The molecule has 0 saturated carbocycles. The van der Waals surface area contributed by atoms with Crippen LogP contribution in [0.4, 0.5) is 0 Å². The van der Waals surface area contributed by atoms with Gasteiger partial charge < -0.3 is 14.2 Å². The lowest BCUT2D eigenvalue weighted by Crippen LogP contribution is -2.30. The van der Waals surface area contributed by atoms with Gasteiger partial charge in [-0.1, -0.05) is 163 Å². The fourth-order valence-electron chi connectivity index (χ4n) is 5.69. The Bertz CT molecular complexity index is 1180. The Kier molecular flexibility index (Phi) is 42.1. The number of carbonyl (C=O) groups excluding carboxylic acids is 3. The van der Waals surface area contributed by atoms with Crippen molar-refractivity contribution in [3.63, 3.8) is 0 Å². The lowest BCUT2D eigenvalue weighted by molar-refractivity contribution is -0.167. The summed E-state index contributed by atoms with van der Waals surface area (Å²) in [6.45, 7) is 6.24. The zero-order valence-electron chi connectivity index (χ0n) is 36.6. The molecule has 57 heavy (non-hydrogen) atoms. The molecule has 0 aromatic heterocycles. The number of allylic oxidation sites excluding steroid dienone is 16. The van der Waals surface area contributed by atoms with Crippen LogP contribution in [0.2, 0.25) is 0 Å². The molecular weight excluding hydrogens is 709 g/mol. The molecule has 0 N–H and O–H groups in total. The topological polar surface area (TPSA) is 78.9 Å². The van der Waals surface area contributed by atoms with Gasteiger partial charge in [0.15, 0.2) is 6.10 Å². The van der Waals surface area contributed by atoms with E-state index in [9.17, 15) is 14.4 Å². The van der Waals surface area contributed by atoms with Crippen LogP contribution in [0.25, 0.3) is 0 Å². The number of esters is 3. The summed E-state index contributed by atoms with van der Waals surface area (Å²) < 4.78 is 16.6. The van der Waals surface area contributed by atoms with Crippen LogP contribution >= 0.6 is 0 Å². The van der Waals surface area contributed by atoms with Gasteiger partial charge in [-0.3, -0.25) is 14.4 Å². The third kappa shape index (κ3) is 43.3. The molecular formula is C51H82O6. The Hall–Kier alpha value is -3.67. The van der Waals surface area contributed by atoms with Gasteiger partial charge in [0.25, 0.3) is 0 Å². The maximum atomic E-state index is 12.7. The van der Waals surface area contributed by atoms with Crippen molar-refractivity contribution in [2.75, 3.05) is 13.2 Å². The maximum absolute atomic E-state index is 12.7. The van der Waals surface area contributed by atoms with E-state index in [1.807, 2.05) is 0 Å². The summed E-state index contributed by atoms with van der Waals surface area (Å²) in [5.41, 5.74) is 0. The van der Waals surface area contributed by atoms with Crippen molar-refractivity contribution in [3.8, 4) is 0 Å². The monoisotopic (exact) mass is 791 g/mol. The molecule has 0 saturated heterocycles. The summed E-state index contributed by atoms with van der Waals surface area (Å²) in [6, 6.07) is 0. The van der Waals surface area contributed by atoms with Gasteiger partial charge in [-0.15, -0.1) is 0 Å². The van der Waals surface area contributed by atoms with E-state index in [-0.39, 0.29) is 44.0 Å². The van der Waals surface area contributed by atoms with Gasteiger partial charge in [0.2, 0.25) is 0 Å². The third-order valence-corrected chi connectivity index (χ3v) is 9.05. The van der Waals surface area contributed by atoms with E-state index in [4.69, 9.17) is 14.2 Å². The number of ether oxygens (including phenoxy) is 3. The largest absolute Gasteiger partial charge is 0.462 e. The summed E-state index contributed by atoms with van der Waals surface area (Å²) in [5, 5.41) is 0. The van der Waals surface area contributed by atoms with E-state index >= 15 is 0 Å². The number of rotatable bonds is 39. The predicted octanol–water partition coefficient (Wildman–Crippen LogP) is 14.6. The van der Waals surface area contributed by atoms with Gasteiger partial charge in [-0.25, -0.2) is 0 Å². The van der Waals surface area contributed by atoms with E-state index in [2.05, 4.69) is 118 Å². The Morgan fingerprint density at radius 1 is 0.368 bits per heavy atom. The van der Waals surface area contributed by atoms with Crippen LogP contribution in [-0.2, 0) is 28.6 Å². The second-order valence-electron chi connectivity index (χ2n) is 14.5. The molecule has 1 atom stereocenters. The molecule has 0 spiro atoms. The highest BCUT2D eigenvalue weighted by Crippen LogP contribution is 2.12. The molecule has 0 amide bonds. The highest BCUT2D eigenvalue weighted by Gasteiger charge is 2.19. The van der Waals surface area contributed by atoms with Crippen LogP contribution in [0.5, 0.6) is 0 Å². The number of carbonyl (C=O) groups is 3. The lowest BCUT2D eigenvalue weighted by atomic mass is 10.1. The Morgan fingerprint density at radius 2 is 0.702 bits per heavy atom. The SMILES string of the molecule is CC/C=C\C/C=C\C/C=C\CCCC(=O)OCC(COC(=O)CCCCCCCCC/C=C\C/C=C\CCCCC)OC(=O)CCC/C=C\C/C=C\C/C=C\CC. The second-order valence-corrected chi connectivity index (χ2v) is 14.5. The van der Waals surface area contributed by atoms with Crippen LogP contribution in [-0.4, -0.2) is 37.2 Å². The van der Waals surface area contributed by atoms with Gasteiger partial charge in [-0.05, 0) is 103 Å². The molecule has 0 bridgehead atoms. The van der Waals surface area contributed by atoms with Gasteiger partial charge in [-0.2, -0.15) is 0 Å². The molecule has 0 aliphatic carbocycles. The van der Waals surface area contributed by atoms with Crippen LogP contribution < -0.4 is 0 Å². The van der Waals surface area contributed by atoms with Crippen molar-refractivity contribution in [1.82, 2.24) is 0 Å². The first-order valence-electron chi connectivity index (χ1n) is 22.7. The average Bonchev–Trinajstić information content (AvgIpc) is 3.21. The summed E-state index contributed by atoms with van der Waals surface area (Å²) in [7, 11) is 0. The first-order chi connectivity index (χ1) is 28.0. The van der Waals surface area contributed by atoms with Gasteiger partial charge in [0, 0.05) is 19.3 Å². The first-order valence-corrected chi connectivity index (χ1v) is 22.7. The van der Waals surface area contributed by atoms with E-state index in [0.717, 1.165) is 83.5 Å². The Balaban J connectivity index is 4.48. The van der Waals surface area contributed by atoms with Crippen molar-refractivity contribution in [3.05, 3.63) is 97.2 Å². The standard InChI is InChI=1S/C51H82O6/c1-4-7-10-13-16-19-22-23-24-25-26-27-30-32-35-38-41-44-50(53)56-47-48(57-51(54)45-42-39-36-33-29-21-18-15-12-9-6-3)46-55-49(52)43-40-37-34-31-28-20-17-14-11-8-5-2/h8-9,11-12,16-21,23-24,31,33-34,36,48H,4-7,10,13-15,22,25-30,32,35,37-47H2,1-3H3/b11-8-,12-9-,19-16-,20-17-,21-18-,24-23-,34-31-,36-33-. The van der Waals surface area contributed by atoms with Crippen LogP contribution in [0.3, 0.4) is 0 Å². The van der Waals surface area contributed by atoms with Crippen molar-refractivity contribution in [2.45, 2.75) is 194 Å². The van der Waals surface area contributed by atoms with Gasteiger partial charge in [0.05, 0.1) is 0 Å². The van der Waals surface area contributed by atoms with E-state index in [1.165, 1.54) is 51.4 Å². The smallest absolute Gasteiger partial charge is 0.306 e. The van der Waals surface area contributed by atoms with Crippen LogP contribution in [0.15, 0.2) is 97.2 Å². The molecule has 6 nitrogen and oxygen atoms in total. The van der Waals surface area contributed by atoms with Crippen LogP contribution in [0.1, 0.15) is 188 Å². The first kappa shape index (κ1) is 53.3. The number of hydrogen-bond acceptors (Lipinski definition) is 6. The summed E-state index contributed by atoms with van der Waals surface area (Å²) in [4.78, 5) is 37.7. The van der Waals surface area contributed by atoms with Crippen molar-refractivity contribution in [2.24, 2.45) is 0 Å². The van der Waals surface area contributed by atoms with Crippen LogP contribution in [0, 0.1) is 0 Å².